The van der Waals surface area contributed by atoms with Crippen LogP contribution in [0.2, 0.25) is 0 Å². The topological polar surface area (TPSA) is 19.4 Å². The van der Waals surface area contributed by atoms with Crippen molar-refractivity contribution in [3.63, 3.8) is 0 Å². The Balaban J connectivity index is 0.869. The number of fused-ring (bicyclic) bond motifs is 3. The van der Waals surface area contributed by atoms with Crippen molar-refractivity contribution >= 4 is 102 Å². The molecule has 6 heteroatoms. The lowest BCUT2D eigenvalue weighted by Gasteiger charge is -2.35. The number of rotatable bonds is 24. The monoisotopic (exact) mass is 1280 g/mol. The molecule has 0 saturated carbocycles. The summed E-state index contributed by atoms with van der Waals surface area (Å²) in [6.07, 6.45) is 6.41. The molecule has 1 aliphatic carbocycles. The van der Waals surface area contributed by atoms with Gasteiger partial charge in [-0.2, -0.15) is 0 Å². The summed E-state index contributed by atoms with van der Waals surface area (Å²) in [5, 5.41) is 0. The van der Waals surface area contributed by atoms with E-state index in [0.29, 0.717) is 0 Å². The molecule has 6 nitrogen and oxygen atoms in total. The highest BCUT2D eigenvalue weighted by Crippen LogP contribution is 2.57. The Hall–Kier alpha value is -12.1. The van der Waals surface area contributed by atoms with E-state index in [1.54, 1.807) is 0 Å². The molecular formula is C93H80N6. The van der Waals surface area contributed by atoms with Crippen LogP contribution in [0.15, 0.2) is 376 Å². The first kappa shape index (κ1) is 63.0. The fraction of sp³-hybridized carbons (Fsp3) is 0.0968. The lowest BCUT2D eigenvalue weighted by atomic mass is 9.70. The smallest absolute Gasteiger partial charge is 0.0465 e. The van der Waals surface area contributed by atoms with Gasteiger partial charge in [-0.05, 0) is 253 Å². The number of nitrogens with zero attached hydrogens (tertiary/aromatic N) is 6. The zero-order chi connectivity index (χ0) is 66.7. The first-order chi connectivity index (χ1) is 49.0. The van der Waals surface area contributed by atoms with E-state index in [1.165, 1.54) is 22.3 Å². The van der Waals surface area contributed by atoms with Crippen molar-refractivity contribution in [1.82, 2.24) is 0 Å². The standard InChI is InChI=1S/C93H80N6/c1-3-5-67-93(68-6-4-2)91-69-87(98(83-55-47-79(48-56-83)94(71-31-15-7-16-32-71)72-33-17-8-18-34-72)84-57-49-80(50-58-84)95(73-35-19-9-20-36-73)74-37-21-10-22-38-74)63-65-89(91)90-66-64-88(70-92(90)93)99(85-59-51-81(52-60-85)96(75-39-23-11-24-40-75)76-41-25-12-26-42-76)86-61-53-82(54-62-86)97(77-43-27-13-28-44-77)78-45-29-14-30-46-78/h7-66,69-70H,3-6,67-68H2,1-2H3. The predicted octanol–water partition coefficient (Wildman–Crippen LogP) is 27.2. The van der Waals surface area contributed by atoms with Gasteiger partial charge < -0.3 is 29.4 Å². The Morgan fingerprint density at radius 3 is 0.505 bits per heavy atom. The Bertz CT molecular complexity index is 4160. The van der Waals surface area contributed by atoms with E-state index in [-0.39, 0.29) is 5.41 Å². The van der Waals surface area contributed by atoms with Gasteiger partial charge in [0.2, 0.25) is 0 Å². The molecule has 0 N–H and O–H groups in total. The largest absolute Gasteiger partial charge is 0.311 e. The normalized spacial score (nSPS) is 11.9. The van der Waals surface area contributed by atoms with Crippen LogP contribution in [-0.2, 0) is 5.41 Å². The number of hydrogen-bond donors (Lipinski definition) is 0. The highest BCUT2D eigenvalue weighted by Gasteiger charge is 2.43. The van der Waals surface area contributed by atoms with Crippen LogP contribution < -0.4 is 29.4 Å². The van der Waals surface area contributed by atoms with Crippen molar-refractivity contribution in [2.24, 2.45) is 0 Å². The minimum absolute atomic E-state index is 0.281. The second kappa shape index (κ2) is 29.1. The van der Waals surface area contributed by atoms with Gasteiger partial charge in [-0.25, -0.2) is 0 Å². The summed E-state index contributed by atoms with van der Waals surface area (Å²) < 4.78 is 0. The van der Waals surface area contributed by atoms with Gasteiger partial charge in [-0.1, -0.05) is 197 Å². The molecule has 1 aliphatic rings. The summed E-state index contributed by atoms with van der Waals surface area (Å²) in [6, 6.07) is 137. The van der Waals surface area contributed by atoms with Gasteiger partial charge in [0.25, 0.3) is 0 Å². The number of anilines is 18. The second-order valence-corrected chi connectivity index (χ2v) is 25.5. The molecule has 0 heterocycles. The van der Waals surface area contributed by atoms with Crippen molar-refractivity contribution in [3.8, 4) is 11.1 Å². The average Bonchev–Trinajstić information content (AvgIpc) is 1.56. The van der Waals surface area contributed by atoms with Crippen LogP contribution in [0.5, 0.6) is 0 Å². The maximum absolute atomic E-state index is 2.56. The van der Waals surface area contributed by atoms with Crippen LogP contribution in [0.4, 0.5) is 102 Å². The molecule has 99 heavy (non-hydrogen) atoms. The van der Waals surface area contributed by atoms with Crippen molar-refractivity contribution < 1.29 is 0 Å². The first-order valence-corrected chi connectivity index (χ1v) is 34.9. The Kier molecular flexibility index (Phi) is 18.5. The number of hydrogen-bond acceptors (Lipinski definition) is 6. The highest BCUT2D eigenvalue weighted by molar-refractivity contribution is 5.91. The molecule has 0 unspecified atom stereocenters. The van der Waals surface area contributed by atoms with E-state index in [9.17, 15) is 0 Å². The van der Waals surface area contributed by atoms with E-state index >= 15 is 0 Å². The highest BCUT2D eigenvalue weighted by atomic mass is 15.2. The van der Waals surface area contributed by atoms with Gasteiger partial charge in [0.1, 0.15) is 0 Å². The number of unbranched alkanes of at least 4 members (excludes halogenated alkanes) is 2. The van der Waals surface area contributed by atoms with Gasteiger partial charge in [-0.15, -0.1) is 0 Å². The lowest BCUT2D eigenvalue weighted by molar-refractivity contribution is 0.414. The number of para-hydroxylation sites is 8. The fourth-order valence-electron chi connectivity index (χ4n) is 14.7. The molecule has 15 rings (SSSR count). The van der Waals surface area contributed by atoms with E-state index in [0.717, 1.165) is 141 Å². The first-order valence-electron chi connectivity index (χ1n) is 34.9. The third-order valence-corrected chi connectivity index (χ3v) is 19.3. The predicted molar refractivity (Wildman–Crippen MR) is 420 cm³/mol. The van der Waals surface area contributed by atoms with Gasteiger partial charge >= 0.3 is 0 Å². The van der Waals surface area contributed by atoms with Crippen LogP contribution in [0.1, 0.15) is 63.5 Å². The van der Waals surface area contributed by atoms with Crippen LogP contribution in [0.25, 0.3) is 11.1 Å². The molecule has 0 saturated heterocycles. The summed E-state index contributed by atoms with van der Waals surface area (Å²) >= 11 is 0. The molecule has 0 bridgehead atoms. The molecule has 482 valence electrons. The van der Waals surface area contributed by atoms with Crippen molar-refractivity contribution in [3.05, 3.63) is 387 Å². The zero-order valence-electron chi connectivity index (χ0n) is 56.2. The zero-order valence-corrected chi connectivity index (χ0v) is 56.2. The molecule has 0 atom stereocenters. The van der Waals surface area contributed by atoms with E-state index in [2.05, 4.69) is 419 Å². The Morgan fingerprint density at radius 1 is 0.182 bits per heavy atom. The second-order valence-electron chi connectivity index (χ2n) is 25.5. The van der Waals surface area contributed by atoms with Crippen molar-refractivity contribution in [2.75, 3.05) is 29.4 Å². The van der Waals surface area contributed by atoms with Crippen LogP contribution >= 0.6 is 0 Å². The SMILES string of the molecule is CCCCC1(CCCC)c2cc(N(c3ccc(N(c4ccccc4)c4ccccc4)cc3)c3ccc(N(c4ccccc4)c4ccccc4)cc3)ccc2-c2ccc(N(c3ccc(N(c4ccccc4)c4ccccc4)cc3)c3ccc(N(c4ccccc4)c4ccccc4)cc3)cc21. The molecule has 14 aromatic rings. The Labute approximate surface area is 584 Å². The lowest BCUT2D eigenvalue weighted by Crippen LogP contribution is -2.26. The summed E-state index contributed by atoms with van der Waals surface area (Å²) in [5.74, 6) is 0. The molecule has 0 amide bonds. The third-order valence-electron chi connectivity index (χ3n) is 19.3. The quantitative estimate of drug-likeness (QED) is 0.0596. The fourth-order valence-corrected chi connectivity index (χ4v) is 14.7. The molecule has 0 aromatic heterocycles. The van der Waals surface area contributed by atoms with Gasteiger partial charge in [0.15, 0.2) is 0 Å². The van der Waals surface area contributed by atoms with Gasteiger partial charge in [0.05, 0.1) is 0 Å². The summed E-state index contributed by atoms with van der Waals surface area (Å²) in [6.45, 7) is 4.70. The summed E-state index contributed by atoms with van der Waals surface area (Å²) in [5.41, 5.74) is 24.8. The summed E-state index contributed by atoms with van der Waals surface area (Å²) in [7, 11) is 0. The molecule has 0 fully saturated rings. The van der Waals surface area contributed by atoms with E-state index < -0.39 is 0 Å². The van der Waals surface area contributed by atoms with E-state index in [4.69, 9.17) is 0 Å². The molecule has 14 aromatic carbocycles. The third kappa shape index (κ3) is 13.0. The Morgan fingerprint density at radius 2 is 0.333 bits per heavy atom. The van der Waals surface area contributed by atoms with Gasteiger partial charge in [0, 0.05) is 108 Å². The van der Waals surface area contributed by atoms with Crippen LogP contribution in [0, 0.1) is 0 Å². The van der Waals surface area contributed by atoms with Crippen molar-refractivity contribution in [2.45, 2.75) is 57.8 Å². The van der Waals surface area contributed by atoms with E-state index in [1.807, 2.05) is 0 Å². The molecule has 0 radical (unpaired) electrons. The molecule has 0 spiro atoms. The molecular weight excluding hydrogens is 1200 g/mol. The van der Waals surface area contributed by atoms with Crippen LogP contribution in [-0.4, -0.2) is 0 Å². The maximum Gasteiger partial charge on any atom is 0.0465 e. The van der Waals surface area contributed by atoms with Crippen molar-refractivity contribution in [1.29, 1.82) is 0 Å². The molecule has 0 aliphatic heterocycles. The minimum Gasteiger partial charge on any atom is -0.311 e. The van der Waals surface area contributed by atoms with Gasteiger partial charge in [-0.3, -0.25) is 0 Å². The minimum atomic E-state index is -0.281. The maximum atomic E-state index is 2.56. The summed E-state index contributed by atoms with van der Waals surface area (Å²) in [4.78, 5) is 14.3. The number of benzene rings is 14. The average molecular weight is 1280 g/mol. The van der Waals surface area contributed by atoms with Crippen LogP contribution in [0.3, 0.4) is 0 Å².